The standard InChI is InChI=1S/C11H13N3S/c1-3-9-6-4-5-8(2)10(9)15-11-12-7-13-14-11/h4-7H,3H2,1-2H3,(H,12,13,14). The van der Waals surface area contributed by atoms with E-state index in [0.29, 0.717) is 0 Å². The number of rotatable bonds is 3. The molecule has 0 fully saturated rings. The van der Waals surface area contributed by atoms with Crippen molar-refractivity contribution in [1.29, 1.82) is 0 Å². The maximum Gasteiger partial charge on any atom is 0.188 e. The van der Waals surface area contributed by atoms with E-state index in [1.54, 1.807) is 11.8 Å². The van der Waals surface area contributed by atoms with Crippen molar-refractivity contribution < 1.29 is 0 Å². The smallest absolute Gasteiger partial charge is 0.188 e. The van der Waals surface area contributed by atoms with Gasteiger partial charge in [-0.05, 0) is 36.2 Å². The number of nitrogens with one attached hydrogen (secondary N) is 1. The second kappa shape index (κ2) is 4.49. The zero-order chi connectivity index (χ0) is 10.7. The lowest BCUT2D eigenvalue weighted by molar-refractivity contribution is 0.967. The normalized spacial score (nSPS) is 10.5. The summed E-state index contributed by atoms with van der Waals surface area (Å²) in [6.45, 7) is 4.29. The van der Waals surface area contributed by atoms with Crippen LogP contribution in [0, 0.1) is 6.92 Å². The van der Waals surface area contributed by atoms with Crippen LogP contribution in [0.3, 0.4) is 0 Å². The van der Waals surface area contributed by atoms with E-state index in [1.165, 1.54) is 22.3 Å². The van der Waals surface area contributed by atoms with E-state index < -0.39 is 0 Å². The summed E-state index contributed by atoms with van der Waals surface area (Å²) in [5.41, 5.74) is 2.65. The average Bonchev–Trinajstić information content (AvgIpc) is 2.74. The molecule has 0 spiro atoms. The number of hydrogen-bond acceptors (Lipinski definition) is 3. The lowest BCUT2D eigenvalue weighted by Crippen LogP contribution is -1.89. The van der Waals surface area contributed by atoms with Gasteiger partial charge in [-0.3, -0.25) is 5.10 Å². The Hall–Kier alpha value is -1.29. The maximum atomic E-state index is 4.12. The van der Waals surface area contributed by atoms with E-state index in [0.717, 1.165) is 11.6 Å². The Morgan fingerprint density at radius 2 is 2.27 bits per heavy atom. The predicted molar refractivity (Wildman–Crippen MR) is 61.1 cm³/mol. The van der Waals surface area contributed by atoms with Crippen molar-refractivity contribution in [3.8, 4) is 0 Å². The Bertz CT molecular complexity index is 437. The topological polar surface area (TPSA) is 41.6 Å². The Morgan fingerprint density at radius 3 is 2.93 bits per heavy atom. The van der Waals surface area contributed by atoms with Crippen molar-refractivity contribution in [2.75, 3.05) is 0 Å². The molecule has 0 amide bonds. The second-order valence-corrected chi connectivity index (χ2v) is 4.31. The van der Waals surface area contributed by atoms with E-state index in [-0.39, 0.29) is 0 Å². The summed E-state index contributed by atoms with van der Waals surface area (Å²) in [5, 5.41) is 7.56. The van der Waals surface area contributed by atoms with Crippen molar-refractivity contribution in [1.82, 2.24) is 15.2 Å². The van der Waals surface area contributed by atoms with Gasteiger partial charge in [-0.1, -0.05) is 25.1 Å². The molecule has 0 saturated carbocycles. The molecule has 0 unspecified atom stereocenters. The van der Waals surface area contributed by atoms with Crippen molar-refractivity contribution in [2.45, 2.75) is 30.3 Å². The highest BCUT2D eigenvalue weighted by molar-refractivity contribution is 7.99. The number of aromatic nitrogens is 3. The third kappa shape index (κ3) is 2.21. The first kappa shape index (κ1) is 10.2. The summed E-state index contributed by atoms with van der Waals surface area (Å²) in [7, 11) is 0. The van der Waals surface area contributed by atoms with E-state index in [1.807, 2.05) is 0 Å². The van der Waals surface area contributed by atoms with Crippen LogP contribution in [0.15, 0.2) is 34.6 Å². The maximum absolute atomic E-state index is 4.12. The summed E-state index contributed by atoms with van der Waals surface area (Å²) in [6.07, 6.45) is 2.57. The lowest BCUT2D eigenvalue weighted by Gasteiger charge is -2.08. The molecule has 0 aliphatic heterocycles. The fourth-order valence-electron chi connectivity index (χ4n) is 1.48. The minimum Gasteiger partial charge on any atom is -0.254 e. The van der Waals surface area contributed by atoms with Crippen LogP contribution in [0.2, 0.25) is 0 Å². The van der Waals surface area contributed by atoms with Gasteiger partial charge in [-0.2, -0.15) is 5.10 Å². The fourth-order valence-corrected chi connectivity index (χ4v) is 2.44. The molecule has 4 heteroatoms. The van der Waals surface area contributed by atoms with Gasteiger partial charge in [0.05, 0.1) is 0 Å². The molecule has 2 aromatic rings. The van der Waals surface area contributed by atoms with Crippen LogP contribution in [0.5, 0.6) is 0 Å². The van der Waals surface area contributed by atoms with Crippen LogP contribution in [-0.4, -0.2) is 15.2 Å². The molecule has 78 valence electrons. The van der Waals surface area contributed by atoms with Gasteiger partial charge in [0.1, 0.15) is 6.33 Å². The van der Waals surface area contributed by atoms with Crippen molar-refractivity contribution in [2.24, 2.45) is 0 Å². The number of aromatic amines is 1. The Morgan fingerprint density at radius 1 is 1.40 bits per heavy atom. The Balaban J connectivity index is 2.34. The molecule has 3 nitrogen and oxygen atoms in total. The molecular formula is C11H13N3S. The molecule has 0 saturated heterocycles. The van der Waals surface area contributed by atoms with Gasteiger partial charge in [0.15, 0.2) is 5.16 Å². The first-order chi connectivity index (χ1) is 7.31. The molecule has 1 aromatic heterocycles. The highest BCUT2D eigenvalue weighted by atomic mass is 32.2. The average molecular weight is 219 g/mol. The first-order valence-electron chi connectivity index (χ1n) is 4.93. The van der Waals surface area contributed by atoms with Gasteiger partial charge in [-0.15, -0.1) is 0 Å². The second-order valence-electron chi connectivity index (χ2n) is 3.31. The van der Waals surface area contributed by atoms with E-state index in [9.17, 15) is 0 Å². The molecule has 2 rings (SSSR count). The van der Waals surface area contributed by atoms with E-state index in [4.69, 9.17) is 0 Å². The minimum atomic E-state index is 0.846. The molecule has 0 aliphatic carbocycles. The monoisotopic (exact) mass is 219 g/mol. The highest BCUT2D eigenvalue weighted by Crippen LogP contribution is 2.30. The lowest BCUT2D eigenvalue weighted by atomic mass is 10.1. The highest BCUT2D eigenvalue weighted by Gasteiger charge is 2.07. The van der Waals surface area contributed by atoms with Crippen LogP contribution in [0.25, 0.3) is 0 Å². The van der Waals surface area contributed by atoms with Gasteiger partial charge in [0, 0.05) is 4.90 Å². The summed E-state index contributed by atoms with van der Waals surface area (Å²) in [6, 6.07) is 6.38. The SMILES string of the molecule is CCc1cccc(C)c1Sc1ncn[nH]1. The van der Waals surface area contributed by atoms with Crippen molar-refractivity contribution >= 4 is 11.8 Å². The molecule has 0 aliphatic rings. The minimum absolute atomic E-state index is 0.846. The van der Waals surface area contributed by atoms with Crippen LogP contribution in [0.1, 0.15) is 18.1 Å². The molecule has 1 aromatic carbocycles. The van der Waals surface area contributed by atoms with E-state index >= 15 is 0 Å². The van der Waals surface area contributed by atoms with Crippen molar-refractivity contribution in [3.63, 3.8) is 0 Å². The van der Waals surface area contributed by atoms with Gasteiger partial charge in [-0.25, -0.2) is 4.98 Å². The zero-order valence-corrected chi connectivity index (χ0v) is 9.64. The quantitative estimate of drug-likeness (QED) is 0.863. The van der Waals surface area contributed by atoms with Crippen LogP contribution in [-0.2, 0) is 6.42 Å². The number of H-pyrrole nitrogens is 1. The molecule has 1 heterocycles. The first-order valence-corrected chi connectivity index (χ1v) is 5.74. The van der Waals surface area contributed by atoms with Gasteiger partial charge in [0.2, 0.25) is 0 Å². The summed E-state index contributed by atoms with van der Waals surface area (Å²) >= 11 is 1.64. The molecule has 0 radical (unpaired) electrons. The zero-order valence-electron chi connectivity index (χ0n) is 8.82. The van der Waals surface area contributed by atoms with Crippen LogP contribution in [0.4, 0.5) is 0 Å². The molecule has 1 N–H and O–H groups in total. The Kier molecular flexibility index (Phi) is 3.06. The molecule has 0 atom stereocenters. The molecule has 15 heavy (non-hydrogen) atoms. The van der Waals surface area contributed by atoms with Gasteiger partial charge in [0.25, 0.3) is 0 Å². The third-order valence-electron chi connectivity index (χ3n) is 2.27. The predicted octanol–water partition coefficient (Wildman–Crippen LogP) is 2.83. The summed E-state index contributed by atoms with van der Waals surface area (Å²) in [4.78, 5) is 5.41. The fraction of sp³-hybridized carbons (Fsp3) is 0.273. The van der Waals surface area contributed by atoms with Gasteiger partial charge < -0.3 is 0 Å². The molecule has 0 bridgehead atoms. The van der Waals surface area contributed by atoms with Crippen LogP contribution >= 0.6 is 11.8 Å². The van der Waals surface area contributed by atoms with E-state index in [2.05, 4.69) is 47.2 Å². The largest absolute Gasteiger partial charge is 0.254 e. The Labute approximate surface area is 93.3 Å². The number of benzene rings is 1. The summed E-state index contributed by atoms with van der Waals surface area (Å²) < 4.78 is 0. The number of nitrogens with zero attached hydrogens (tertiary/aromatic N) is 2. The summed E-state index contributed by atoms with van der Waals surface area (Å²) in [5.74, 6) is 0. The number of hydrogen-bond donors (Lipinski definition) is 1. The molecular weight excluding hydrogens is 206 g/mol. The van der Waals surface area contributed by atoms with Crippen molar-refractivity contribution in [3.05, 3.63) is 35.7 Å². The number of aryl methyl sites for hydroxylation is 2. The van der Waals surface area contributed by atoms with Crippen LogP contribution < -0.4 is 0 Å². The van der Waals surface area contributed by atoms with Gasteiger partial charge >= 0.3 is 0 Å². The third-order valence-corrected chi connectivity index (χ3v) is 3.44.